The molecule has 1 atom stereocenters. The number of amides is 1. The van der Waals surface area contributed by atoms with E-state index >= 15 is 0 Å². The highest BCUT2D eigenvalue weighted by molar-refractivity contribution is 8.01. The van der Waals surface area contributed by atoms with Crippen molar-refractivity contribution < 1.29 is 14.3 Å². The Morgan fingerprint density at radius 2 is 2.36 bits per heavy atom. The number of fused-ring (bicyclic) bond motifs is 1. The van der Waals surface area contributed by atoms with E-state index < -0.39 is 0 Å². The topological polar surface area (TPSA) is 73.3 Å². The van der Waals surface area contributed by atoms with Crippen LogP contribution in [0.15, 0.2) is 22.5 Å². The number of carbonyl (C=O) groups excluding carboxylic acids is 1. The molecular weight excluding hydrogens is 358 g/mol. The molecule has 25 heavy (non-hydrogen) atoms. The van der Waals surface area contributed by atoms with Gasteiger partial charge in [-0.3, -0.25) is 4.79 Å². The van der Waals surface area contributed by atoms with Crippen molar-refractivity contribution in [2.75, 3.05) is 26.0 Å². The number of benzene rings is 1. The van der Waals surface area contributed by atoms with Gasteiger partial charge in [0, 0.05) is 12.3 Å². The molecule has 6 nitrogen and oxygen atoms in total. The van der Waals surface area contributed by atoms with Crippen molar-refractivity contribution in [3.8, 4) is 11.5 Å². The van der Waals surface area contributed by atoms with Crippen LogP contribution in [0.4, 0.5) is 0 Å². The molecule has 3 rings (SSSR count). The van der Waals surface area contributed by atoms with Gasteiger partial charge < -0.3 is 14.8 Å². The lowest BCUT2D eigenvalue weighted by atomic mass is 9.95. The van der Waals surface area contributed by atoms with Gasteiger partial charge in [-0.15, -0.1) is 10.2 Å². The molecule has 0 bridgehead atoms. The van der Waals surface area contributed by atoms with Crippen LogP contribution < -0.4 is 14.8 Å². The molecule has 8 heteroatoms. The van der Waals surface area contributed by atoms with Gasteiger partial charge in [-0.25, -0.2) is 0 Å². The third-order valence-corrected chi connectivity index (χ3v) is 5.96. The van der Waals surface area contributed by atoms with Gasteiger partial charge in [0.05, 0.1) is 13.0 Å². The van der Waals surface area contributed by atoms with Gasteiger partial charge in [0.2, 0.25) is 5.91 Å². The first-order valence-electron chi connectivity index (χ1n) is 8.16. The van der Waals surface area contributed by atoms with Crippen molar-refractivity contribution in [2.24, 2.45) is 5.92 Å². The number of methoxy groups -OCH3 is 1. The lowest BCUT2D eigenvalue weighted by Gasteiger charge is -2.25. The van der Waals surface area contributed by atoms with E-state index in [4.69, 9.17) is 9.47 Å². The number of aromatic nitrogens is 2. The zero-order valence-electron chi connectivity index (χ0n) is 14.3. The Morgan fingerprint density at radius 1 is 1.48 bits per heavy atom. The monoisotopic (exact) mass is 379 g/mol. The Hall–Kier alpha value is -1.80. The third-order valence-electron chi connectivity index (χ3n) is 3.90. The van der Waals surface area contributed by atoms with Crippen molar-refractivity contribution in [2.45, 2.75) is 24.1 Å². The molecule has 1 aromatic carbocycles. The van der Waals surface area contributed by atoms with Crippen LogP contribution >= 0.6 is 23.1 Å². The Morgan fingerprint density at radius 3 is 3.12 bits per heavy atom. The van der Waals surface area contributed by atoms with Gasteiger partial charge in [-0.1, -0.05) is 35.2 Å². The van der Waals surface area contributed by atoms with E-state index in [0.717, 1.165) is 38.6 Å². The van der Waals surface area contributed by atoms with Crippen LogP contribution in [0.5, 0.6) is 11.5 Å². The predicted molar refractivity (Wildman–Crippen MR) is 98.7 cm³/mol. The highest BCUT2D eigenvalue weighted by Gasteiger charge is 2.27. The molecule has 1 amide bonds. The first kappa shape index (κ1) is 18.0. The van der Waals surface area contributed by atoms with Gasteiger partial charge in [0.25, 0.3) is 0 Å². The third kappa shape index (κ3) is 4.64. The zero-order chi connectivity index (χ0) is 17.6. The lowest BCUT2D eigenvalue weighted by Crippen LogP contribution is -2.37. The number of ether oxygens (including phenoxy) is 2. The summed E-state index contributed by atoms with van der Waals surface area (Å²) < 4.78 is 12.0. The van der Waals surface area contributed by atoms with Crippen LogP contribution in [0.2, 0.25) is 0 Å². The minimum Gasteiger partial charge on any atom is -0.493 e. The number of thioether (sulfide) groups is 1. The molecule has 0 saturated carbocycles. The van der Waals surface area contributed by atoms with Crippen molar-refractivity contribution in [3.05, 3.63) is 28.8 Å². The molecule has 0 spiro atoms. The second-order valence-electron chi connectivity index (χ2n) is 5.74. The summed E-state index contributed by atoms with van der Waals surface area (Å²) in [6.07, 6.45) is 1.57. The maximum Gasteiger partial charge on any atom is 0.226 e. The number of rotatable bonds is 7. The summed E-state index contributed by atoms with van der Waals surface area (Å²) in [5.41, 5.74) is 1.02. The molecule has 1 unspecified atom stereocenters. The quantitative estimate of drug-likeness (QED) is 0.589. The number of hydrogen-bond donors (Lipinski definition) is 1. The SMILES string of the molecule is COc1cccc2c1OCC(C(=O)NCCCSc1nnc(C)s1)C2. The van der Waals surface area contributed by atoms with Gasteiger partial charge in [-0.2, -0.15) is 0 Å². The Kier molecular flexibility index (Phi) is 6.14. The minimum absolute atomic E-state index is 0.0465. The second kappa shape index (κ2) is 8.53. The fourth-order valence-electron chi connectivity index (χ4n) is 2.65. The summed E-state index contributed by atoms with van der Waals surface area (Å²) in [5, 5.41) is 12.0. The van der Waals surface area contributed by atoms with E-state index in [1.54, 1.807) is 30.2 Å². The number of para-hydroxylation sites is 1. The van der Waals surface area contributed by atoms with Gasteiger partial charge in [-0.05, 0) is 31.4 Å². The maximum absolute atomic E-state index is 12.3. The predicted octanol–water partition coefficient (Wildman–Crippen LogP) is 2.70. The number of carbonyl (C=O) groups is 1. The molecule has 1 N–H and O–H groups in total. The normalized spacial score (nSPS) is 16.0. The molecule has 1 aliphatic rings. The van der Waals surface area contributed by atoms with Crippen LogP contribution in [-0.4, -0.2) is 42.1 Å². The Bertz CT molecular complexity index is 736. The van der Waals surface area contributed by atoms with E-state index in [1.165, 1.54) is 0 Å². The molecule has 2 heterocycles. The highest BCUT2D eigenvalue weighted by atomic mass is 32.2. The van der Waals surface area contributed by atoms with Crippen LogP contribution in [0.25, 0.3) is 0 Å². The molecule has 0 saturated heterocycles. The van der Waals surface area contributed by atoms with Crippen LogP contribution in [0.3, 0.4) is 0 Å². The lowest BCUT2D eigenvalue weighted by molar-refractivity contribution is -0.126. The number of hydrogen-bond acceptors (Lipinski definition) is 7. The summed E-state index contributed by atoms with van der Waals surface area (Å²) in [7, 11) is 1.62. The van der Waals surface area contributed by atoms with E-state index in [9.17, 15) is 4.79 Å². The summed E-state index contributed by atoms with van der Waals surface area (Å²) in [6, 6.07) is 5.78. The number of nitrogens with zero attached hydrogens (tertiary/aromatic N) is 2. The summed E-state index contributed by atoms with van der Waals surface area (Å²) in [6.45, 7) is 2.99. The molecule has 0 fully saturated rings. The Balaban J connectivity index is 1.41. The van der Waals surface area contributed by atoms with E-state index in [2.05, 4.69) is 15.5 Å². The number of aryl methyl sites for hydroxylation is 1. The van der Waals surface area contributed by atoms with Crippen LogP contribution in [-0.2, 0) is 11.2 Å². The smallest absolute Gasteiger partial charge is 0.226 e. The first-order valence-corrected chi connectivity index (χ1v) is 9.97. The van der Waals surface area contributed by atoms with Gasteiger partial charge in [0.15, 0.2) is 15.8 Å². The van der Waals surface area contributed by atoms with Crippen molar-refractivity contribution in [1.29, 1.82) is 0 Å². The average Bonchev–Trinajstić information content (AvgIpc) is 3.05. The maximum atomic E-state index is 12.3. The molecule has 134 valence electrons. The molecule has 1 aliphatic heterocycles. The standard InChI is InChI=1S/C17H21N3O3S2/c1-11-19-20-17(25-11)24-8-4-7-18-16(21)13-9-12-5-3-6-14(22-2)15(12)23-10-13/h3,5-6,13H,4,7-10H2,1-2H3,(H,18,21). The molecule has 2 aromatic rings. The first-order chi connectivity index (χ1) is 12.2. The van der Waals surface area contributed by atoms with Gasteiger partial charge >= 0.3 is 0 Å². The van der Waals surface area contributed by atoms with Crippen molar-refractivity contribution >= 4 is 29.0 Å². The van der Waals surface area contributed by atoms with Gasteiger partial charge in [0.1, 0.15) is 11.6 Å². The van der Waals surface area contributed by atoms with Crippen LogP contribution in [0, 0.1) is 12.8 Å². The van der Waals surface area contributed by atoms with E-state index in [-0.39, 0.29) is 11.8 Å². The second-order valence-corrected chi connectivity index (χ2v) is 8.26. The molecule has 1 aromatic heterocycles. The fraction of sp³-hybridized carbons (Fsp3) is 0.471. The number of nitrogens with one attached hydrogen (secondary N) is 1. The highest BCUT2D eigenvalue weighted by Crippen LogP contribution is 2.36. The summed E-state index contributed by atoms with van der Waals surface area (Å²) >= 11 is 3.28. The average molecular weight is 380 g/mol. The summed E-state index contributed by atoms with van der Waals surface area (Å²) in [4.78, 5) is 12.3. The molecule has 0 aliphatic carbocycles. The van der Waals surface area contributed by atoms with Crippen molar-refractivity contribution in [1.82, 2.24) is 15.5 Å². The van der Waals surface area contributed by atoms with E-state index in [0.29, 0.717) is 19.6 Å². The molecule has 0 radical (unpaired) electrons. The van der Waals surface area contributed by atoms with Crippen LogP contribution in [0.1, 0.15) is 17.0 Å². The zero-order valence-corrected chi connectivity index (χ0v) is 15.9. The Labute approximate surface area is 155 Å². The minimum atomic E-state index is -0.155. The largest absolute Gasteiger partial charge is 0.493 e. The van der Waals surface area contributed by atoms with Crippen molar-refractivity contribution in [3.63, 3.8) is 0 Å². The summed E-state index contributed by atoms with van der Waals surface area (Å²) in [5.74, 6) is 2.29. The van der Waals surface area contributed by atoms with E-state index in [1.807, 2.05) is 25.1 Å². The fourth-order valence-corrected chi connectivity index (χ4v) is 4.47. The molecular formula is C17H21N3O3S2.